The van der Waals surface area contributed by atoms with E-state index in [4.69, 9.17) is 4.74 Å². The van der Waals surface area contributed by atoms with E-state index in [-0.39, 0.29) is 7.52 Å². The van der Waals surface area contributed by atoms with Gasteiger partial charge in [-0.3, -0.25) is 4.98 Å². The Morgan fingerprint density at radius 3 is 2.80 bits per heavy atom. The summed E-state index contributed by atoms with van der Waals surface area (Å²) in [5.74, 6) is 0.466. The lowest BCUT2D eigenvalue weighted by Crippen LogP contribution is -2.29. The molecule has 0 atom stereocenters. The van der Waals surface area contributed by atoms with Gasteiger partial charge in [0.15, 0.2) is 0 Å². The van der Waals surface area contributed by atoms with Gasteiger partial charge in [0.25, 0.3) is 0 Å². The maximum Gasteiger partial charge on any atom is 0.409 e. The van der Waals surface area contributed by atoms with E-state index >= 15 is 0 Å². The number of anilines is 1. The number of nitrogens with one attached hydrogen (secondary N) is 1. The van der Waals surface area contributed by atoms with E-state index in [1.54, 1.807) is 11.1 Å². The largest absolute Gasteiger partial charge is 0.448 e. The molecule has 5 nitrogen and oxygen atoms in total. The Kier molecular flexibility index (Phi) is 6.84. The molecule has 114 valence electrons. The quantitative estimate of drug-likeness (QED) is 0.899. The summed E-state index contributed by atoms with van der Waals surface area (Å²) in [6.45, 7) is 10.8. The molecule has 2 rings (SSSR count). The maximum atomic E-state index is 11.2. The number of hydrogen-bond donors (Lipinski definition) is 1. The normalized spacial score (nSPS) is 13.8. The zero-order valence-corrected chi connectivity index (χ0v) is 12.8. The number of nitrogens with zero attached hydrogens (tertiary/aromatic N) is 2. The van der Waals surface area contributed by atoms with Gasteiger partial charge in [-0.1, -0.05) is 27.7 Å². The molecule has 0 aromatic carbocycles. The van der Waals surface area contributed by atoms with E-state index in [9.17, 15) is 4.79 Å². The number of ether oxygens (including phenoxy) is 1. The summed E-state index contributed by atoms with van der Waals surface area (Å²) in [6.07, 6.45) is 3.47. The molecule has 1 aromatic heterocycles. The second-order valence-corrected chi connectivity index (χ2v) is 4.69. The first-order chi connectivity index (χ1) is 9.66. The van der Waals surface area contributed by atoms with Gasteiger partial charge in [-0.15, -0.1) is 0 Å². The molecule has 1 amide bonds. The lowest BCUT2D eigenvalue weighted by Gasteiger charge is -2.14. The molecule has 1 saturated heterocycles. The molecule has 1 aliphatic heterocycles. The van der Waals surface area contributed by atoms with Gasteiger partial charge >= 0.3 is 6.09 Å². The van der Waals surface area contributed by atoms with E-state index < -0.39 is 0 Å². The SMILES string of the molecule is CC.CC(C)c1cncc(NCCN2CCOC2=O)c1.[HH]. The van der Waals surface area contributed by atoms with Gasteiger partial charge in [-0.25, -0.2) is 4.79 Å². The van der Waals surface area contributed by atoms with Crippen LogP contribution in [0, 0.1) is 0 Å². The molecular formula is C15H27N3O2. The minimum Gasteiger partial charge on any atom is -0.448 e. The monoisotopic (exact) mass is 281 g/mol. The average molecular weight is 281 g/mol. The summed E-state index contributed by atoms with van der Waals surface area (Å²) in [5, 5.41) is 3.28. The zero-order valence-electron chi connectivity index (χ0n) is 12.8. The minimum absolute atomic E-state index is 0. The molecule has 0 bridgehead atoms. The Hall–Kier alpha value is -1.78. The van der Waals surface area contributed by atoms with Crippen LogP contribution in [0.5, 0.6) is 0 Å². The van der Waals surface area contributed by atoms with Crippen LogP contribution in [0.3, 0.4) is 0 Å². The highest BCUT2D eigenvalue weighted by atomic mass is 16.6. The molecule has 1 fully saturated rings. The molecule has 1 N–H and O–H groups in total. The lowest BCUT2D eigenvalue weighted by molar-refractivity contribution is 0.159. The van der Waals surface area contributed by atoms with E-state index in [0.29, 0.717) is 32.2 Å². The molecular weight excluding hydrogens is 254 g/mol. The van der Waals surface area contributed by atoms with Crippen LogP contribution in [0.4, 0.5) is 10.5 Å². The fourth-order valence-electron chi connectivity index (χ4n) is 1.83. The number of cyclic esters (lactones) is 1. The molecule has 0 radical (unpaired) electrons. The van der Waals surface area contributed by atoms with Gasteiger partial charge in [-0.2, -0.15) is 0 Å². The van der Waals surface area contributed by atoms with Crippen molar-refractivity contribution >= 4 is 11.8 Å². The minimum atomic E-state index is -0.217. The van der Waals surface area contributed by atoms with Crippen molar-refractivity contribution in [1.29, 1.82) is 0 Å². The summed E-state index contributed by atoms with van der Waals surface area (Å²) in [6, 6.07) is 2.10. The highest BCUT2D eigenvalue weighted by Crippen LogP contribution is 2.16. The summed E-state index contributed by atoms with van der Waals surface area (Å²) in [4.78, 5) is 17.1. The number of rotatable bonds is 5. The van der Waals surface area contributed by atoms with E-state index in [1.807, 2.05) is 20.0 Å². The number of amides is 1. The summed E-state index contributed by atoms with van der Waals surface area (Å²) in [5.41, 5.74) is 2.20. The van der Waals surface area contributed by atoms with E-state index in [0.717, 1.165) is 5.69 Å². The molecule has 1 aliphatic rings. The first-order valence-electron chi connectivity index (χ1n) is 7.27. The van der Waals surface area contributed by atoms with E-state index in [1.165, 1.54) is 5.56 Å². The van der Waals surface area contributed by atoms with E-state index in [2.05, 4.69) is 30.2 Å². The van der Waals surface area contributed by atoms with Crippen molar-refractivity contribution in [2.24, 2.45) is 0 Å². The molecule has 5 heteroatoms. The number of hydrogen-bond acceptors (Lipinski definition) is 4. The Labute approximate surface area is 122 Å². The van der Waals surface area contributed by atoms with Crippen molar-refractivity contribution in [3.8, 4) is 0 Å². The molecule has 20 heavy (non-hydrogen) atoms. The van der Waals surface area contributed by atoms with Crippen LogP contribution in [0.25, 0.3) is 0 Å². The summed E-state index contributed by atoms with van der Waals surface area (Å²) >= 11 is 0. The summed E-state index contributed by atoms with van der Waals surface area (Å²) < 4.78 is 4.87. The lowest BCUT2D eigenvalue weighted by atomic mass is 10.1. The van der Waals surface area contributed by atoms with Crippen LogP contribution in [-0.4, -0.2) is 42.2 Å². The zero-order chi connectivity index (χ0) is 15.0. The fraction of sp³-hybridized carbons (Fsp3) is 0.600. The van der Waals surface area contributed by atoms with Crippen LogP contribution < -0.4 is 5.32 Å². The fourth-order valence-corrected chi connectivity index (χ4v) is 1.83. The Balaban J connectivity index is 0.00000128. The average Bonchev–Trinajstić information content (AvgIpc) is 2.87. The third-order valence-corrected chi connectivity index (χ3v) is 2.98. The molecule has 1 aromatic rings. The third kappa shape index (κ3) is 4.72. The van der Waals surface area contributed by atoms with Crippen LogP contribution in [0.15, 0.2) is 18.5 Å². The van der Waals surface area contributed by atoms with Crippen molar-refractivity contribution in [3.05, 3.63) is 24.0 Å². The highest BCUT2D eigenvalue weighted by Gasteiger charge is 2.20. The summed E-state index contributed by atoms with van der Waals surface area (Å²) in [7, 11) is 0. The van der Waals surface area contributed by atoms with Gasteiger partial charge < -0.3 is 15.0 Å². The van der Waals surface area contributed by atoms with Crippen molar-refractivity contribution in [2.75, 3.05) is 31.6 Å². The van der Waals surface area contributed by atoms with Crippen molar-refractivity contribution in [1.82, 2.24) is 9.88 Å². The number of aromatic nitrogens is 1. The predicted octanol–water partition coefficient (Wildman–Crippen LogP) is 3.34. The number of carbonyl (C=O) groups is 1. The van der Waals surface area contributed by atoms with Crippen molar-refractivity contribution in [2.45, 2.75) is 33.6 Å². The van der Waals surface area contributed by atoms with Gasteiger partial charge in [0, 0.05) is 26.9 Å². The standard InChI is InChI=1S/C13H19N3O2.C2H6.H2/c1-10(2)11-7-12(9-14-8-11)15-3-4-16-5-6-18-13(16)17;1-2;/h7-10,15H,3-6H2,1-2H3;1-2H3;1H. The first kappa shape index (κ1) is 16.3. The molecule has 0 unspecified atom stereocenters. The maximum absolute atomic E-state index is 11.2. The molecule has 2 heterocycles. The van der Waals surface area contributed by atoms with Gasteiger partial charge in [0.05, 0.1) is 12.2 Å². The van der Waals surface area contributed by atoms with Crippen LogP contribution in [0.1, 0.15) is 40.6 Å². The smallest absolute Gasteiger partial charge is 0.409 e. The Morgan fingerprint density at radius 1 is 1.45 bits per heavy atom. The molecule has 0 aliphatic carbocycles. The molecule has 0 saturated carbocycles. The first-order valence-corrected chi connectivity index (χ1v) is 7.27. The third-order valence-electron chi connectivity index (χ3n) is 2.98. The second kappa shape index (κ2) is 8.40. The van der Waals surface area contributed by atoms with Crippen LogP contribution >= 0.6 is 0 Å². The number of carbonyl (C=O) groups excluding carboxylic acids is 1. The van der Waals surface area contributed by atoms with Crippen LogP contribution in [-0.2, 0) is 4.74 Å². The van der Waals surface area contributed by atoms with Crippen molar-refractivity contribution < 1.29 is 11.0 Å². The van der Waals surface area contributed by atoms with Gasteiger partial charge in [-0.05, 0) is 17.5 Å². The highest BCUT2D eigenvalue weighted by molar-refractivity contribution is 5.69. The Bertz CT molecular complexity index is 427. The van der Waals surface area contributed by atoms with Gasteiger partial charge in [0.2, 0.25) is 0 Å². The number of pyridine rings is 1. The Morgan fingerprint density at radius 2 is 2.20 bits per heavy atom. The van der Waals surface area contributed by atoms with Gasteiger partial charge in [0.1, 0.15) is 6.61 Å². The van der Waals surface area contributed by atoms with Crippen LogP contribution in [0.2, 0.25) is 0 Å². The topological polar surface area (TPSA) is 54.5 Å². The molecule has 0 spiro atoms. The van der Waals surface area contributed by atoms with Crippen molar-refractivity contribution in [3.63, 3.8) is 0 Å². The predicted molar refractivity (Wildman–Crippen MR) is 83.2 cm³/mol. The second-order valence-electron chi connectivity index (χ2n) is 4.69.